The van der Waals surface area contributed by atoms with Crippen LogP contribution in [-0.4, -0.2) is 29.3 Å². The van der Waals surface area contributed by atoms with Crippen molar-refractivity contribution in [2.75, 3.05) is 18.5 Å². The van der Waals surface area contributed by atoms with Gasteiger partial charge in [0.2, 0.25) is 11.0 Å². The Morgan fingerprint density at radius 1 is 1.45 bits per heavy atom. The zero-order chi connectivity index (χ0) is 14.4. The minimum Gasteiger partial charge on any atom is -0.494 e. The summed E-state index contributed by atoms with van der Waals surface area (Å²) in [4.78, 5) is 11.4. The summed E-state index contributed by atoms with van der Waals surface area (Å²) in [6, 6.07) is 7.61. The minimum absolute atomic E-state index is 0.154. The second-order valence-electron chi connectivity index (χ2n) is 3.96. The van der Waals surface area contributed by atoms with Crippen molar-refractivity contribution in [1.82, 2.24) is 10.2 Å². The van der Waals surface area contributed by atoms with Crippen LogP contribution in [0.4, 0.5) is 5.13 Å². The number of anilines is 1. The minimum atomic E-state index is -0.154. The molecule has 20 heavy (non-hydrogen) atoms. The van der Waals surface area contributed by atoms with E-state index in [2.05, 4.69) is 15.5 Å². The maximum Gasteiger partial charge on any atom is 0.227 e. The summed E-state index contributed by atoms with van der Waals surface area (Å²) in [5, 5.41) is 11.9. The largest absolute Gasteiger partial charge is 0.494 e. The second-order valence-corrected chi connectivity index (χ2v) is 4.94. The summed E-state index contributed by atoms with van der Waals surface area (Å²) in [5.74, 6) is 0.632. The molecule has 2 aromatic rings. The molecule has 1 amide bonds. The SMILES string of the molecule is CCOc1cccc(-c2nnc(NC(=O)CCN)s2)c1. The monoisotopic (exact) mass is 292 g/mol. The molecule has 0 atom stereocenters. The van der Waals surface area contributed by atoms with Gasteiger partial charge in [-0.15, -0.1) is 10.2 Å². The van der Waals surface area contributed by atoms with E-state index in [0.29, 0.717) is 18.3 Å². The Morgan fingerprint density at radius 3 is 3.05 bits per heavy atom. The normalized spacial score (nSPS) is 10.3. The van der Waals surface area contributed by atoms with E-state index < -0.39 is 0 Å². The Morgan fingerprint density at radius 2 is 2.30 bits per heavy atom. The molecule has 0 spiro atoms. The fourth-order valence-corrected chi connectivity index (χ4v) is 2.34. The van der Waals surface area contributed by atoms with Crippen LogP contribution >= 0.6 is 11.3 Å². The first-order chi connectivity index (χ1) is 9.72. The Hall–Kier alpha value is -1.99. The quantitative estimate of drug-likeness (QED) is 0.848. The number of amides is 1. The number of nitrogens with two attached hydrogens (primary N) is 1. The number of ether oxygens (including phenoxy) is 1. The number of nitrogens with one attached hydrogen (secondary N) is 1. The number of benzene rings is 1. The second kappa shape index (κ2) is 6.97. The molecule has 0 aliphatic rings. The van der Waals surface area contributed by atoms with Gasteiger partial charge in [-0.1, -0.05) is 23.5 Å². The average molecular weight is 292 g/mol. The van der Waals surface area contributed by atoms with E-state index in [1.807, 2.05) is 31.2 Å². The number of nitrogens with zero attached hydrogens (tertiary/aromatic N) is 2. The van der Waals surface area contributed by atoms with Crippen LogP contribution in [-0.2, 0) is 4.79 Å². The van der Waals surface area contributed by atoms with Crippen molar-refractivity contribution < 1.29 is 9.53 Å². The van der Waals surface area contributed by atoms with Crippen LogP contribution in [0.15, 0.2) is 24.3 Å². The summed E-state index contributed by atoms with van der Waals surface area (Å²) in [6.07, 6.45) is 0.273. The summed E-state index contributed by atoms with van der Waals surface area (Å²) in [6.45, 7) is 2.86. The maximum absolute atomic E-state index is 11.4. The van der Waals surface area contributed by atoms with E-state index in [9.17, 15) is 4.79 Å². The molecule has 0 saturated carbocycles. The summed E-state index contributed by atoms with van der Waals surface area (Å²) in [5.41, 5.74) is 6.23. The van der Waals surface area contributed by atoms with Crippen LogP contribution in [0.1, 0.15) is 13.3 Å². The van der Waals surface area contributed by atoms with Gasteiger partial charge in [0.05, 0.1) is 6.61 Å². The number of hydrogen-bond donors (Lipinski definition) is 2. The maximum atomic E-state index is 11.4. The summed E-state index contributed by atoms with van der Waals surface area (Å²) in [7, 11) is 0. The molecule has 0 saturated heterocycles. The van der Waals surface area contributed by atoms with Crippen LogP contribution in [0.5, 0.6) is 5.75 Å². The van der Waals surface area contributed by atoms with Gasteiger partial charge < -0.3 is 15.8 Å². The zero-order valence-corrected chi connectivity index (χ0v) is 11.9. The van der Waals surface area contributed by atoms with Gasteiger partial charge in [0, 0.05) is 18.5 Å². The molecule has 0 unspecified atom stereocenters. The Labute approximate surface area is 121 Å². The molecule has 1 aromatic carbocycles. The summed E-state index contributed by atoms with van der Waals surface area (Å²) >= 11 is 1.32. The smallest absolute Gasteiger partial charge is 0.227 e. The third-order valence-corrected chi connectivity index (χ3v) is 3.32. The van der Waals surface area contributed by atoms with Crippen molar-refractivity contribution in [3.8, 4) is 16.3 Å². The number of carbonyl (C=O) groups is 1. The highest BCUT2D eigenvalue weighted by molar-refractivity contribution is 7.18. The van der Waals surface area contributed by atoms with Gasteiger partial charge in [0.1, 0.15) is 10.8 Å². The number of aromatic nitrogens is 2. The Balaban J connectivity index is 2.12. The number of carbonyl (C=O) groups excluding carboxylic acids is 1. The number of hydrogen-bond acceptors (Lipinski definition) is 6. The van der Waals surface area contributed by atoms with E-state index in [4.69, 9.17) is 10.5 Å². The van der Waals surface area contributed by atoms with Gasteiger partial charge in [0.25, 0.3) is 0 Å². The van der Waals surface area contributed by atoms with Gasteiger partial charge in [-0.2, -0.15) is 0 Å². The predicted molar refractivity (Wildman–Crippen MR) is 78.8 cm³/mol. The Kier molecular flexibility index (Phi) is 5.03. The fourth-order valence-electron chi connectivity index (χ4n) is 1.59. The van der Waals surface area contributed by atoms with Crippen molar-refractivity contribution in [2.24, 2.45) is 5.73 Å². The number of rotatable bonds is 6. The molecule has 7 heteroatoms. The standard InChI is InChI=1S/C13H16N4O2S/c1-2-19-10-5-3-4-9(8-10)12-16-17-13(20-12)15-11(18)6-7-14/h3-5,8H,2,6-7,14H2,1H3,(H,15,17,18). The molecular formula is C13H16N4O2S. The molecule has 1 heterocycles. The molecule has 0 aliphatic carbocycles. The first-order valence-corrected chi connectivity index (χ1v) is 7.11. The van der Waals surface area contributed by atoms with Crippen LogP contribution in [0.25, 0.3) is 10.6 Å². The van der Waals surface area contributed by atoms with Gasteiger partial charge in [-0.3, -0.25) is 4.79 Å². The molecule has 0 aliphatic heterocycles. The van der Waals surface area contributed by atoms with Gasteiger partial charge >= 0.3 is 0 Å². The first kappa shape index (κ1) is 14.4. The van der Waals surface area contributed by atoms with Gasteiger partial charge in [-0.25, -0.2) is 0 Å². The topological polar surface area (TPSA) is 90.1 Å². The first-order valence-electron chi connectivity index (χ1n) is 6.29. The van der Waals surface area contributed by atoms with Crippen LogP contribution in [0.2, 0.25) is 0 Å². The lowest BCUT2D eigenvalue weighted by Gasteiger charge is -2.03. The molecule has 6 nitrogen and oxygen atoms in total. The summed E-state index contributed by atoms with van der Waals surface area (Å²) < 4.78 is 5.44. The molecule has 0 fully saturated rings. The van der Waals surface area contributed by atoms with Crippen molar-refractivity contribution in [3.05, 3.63) is 24.3 Å². The van der Waals surface area contributed by atoms with Crippen LogP contribution in [0, 0.1) is 0 Å². The molecule has 2 rings (SSSR count). The van der Waals surface area contributed by atoms with E-state index >= 15 is 0 Å². The lowest BCUT2D eigenvalue weighted by atomic mass is 10.2. The van der Waals surface area contributed by atoms with Crippen molar-refractivity contribution in [1.29, 1.82) is 0 Å². The highest BCUT2D eigenvalue weighted by Gasteiger charge is 2.09. The van der Waals surface area contributed by atoms with E-state index in [-0.39, 0.29) is 12.3 Å². The molecular weight excluding hydrogens is 276 g/mol. The van der Waals surface area contributed by atoms with Crippen molar-refractivity contribution >= 4 is 22.4 Å². The van der Waals surface area contributed by atoms with Crippen molar-refractivity contribution in [2.45, 2.75) is 13.3 Å². The highest BCUT2D eigenvalue weighted by atomic mass is 32.1. The lowest BCUT2D eigenvalue weighted by Crippen LogP contribution is -2.15. The van der Waals surface area contributed by atoms with E-state index in [1.54, 1.807) is 0 Å². The molecule has 3 N–H and O–H groups in total. The highest BCUT2D eigenvalue weighted by Crippen LogP contribution is 2.28. The third kappa shape index (κ3) is 3.75. The zero-order valence-electron chi connectivity index (χ0n) is 11.1. The van der Waals surface area contributed by atoms with Crippen LogP contribution in [0.3, 0.4) is 0 Å². The molecule has 106 valence electrons. The van der Waals surface area contributed by atoms with Gasteiger partial charge in [0.15, 0.2) is 0 Å². The lowest BCUT2D eigenvalue weighted by molar-refractivity contribution is -0.116. The average Bonchev–Trinajstić information content (AvgIpc) is 2.88. The van der Waals surface area contributed by atoms with E-state index in [1.165, 1.54) is 11.3 Å². The third-order valence-electron chi connectivity index (χ3n) is 2.43. The van der Waals surface area contributed by atoms with E-state index in [0.717, 1.165) is 16.3 Å². The molecule has 0 radical (unpaired) electrons. The molecule has 1 aromatic heterocycles. The Bertz CT molecular complexity index is 585. The van der Waals surface area contributed by atoms with Crippen LogP contribution < -0.4 is 15.8 Å². The predicted octanol–water partition coefficient (Wildman–Crippen LogP) is 1.89. The molecule has 0 bridgehead atoms. The van der Waals surface area contributed by atoms with Crippen molar-refractivity contribution in [3.63, 3.8) is 0 Å². The van der Waals surface area contributed by atoms with Gasteiger partial charge in [-0.05, 0) is 19.1 Å². The fraction of sp³-hybridized carbons (Fsp3) is 0.308.